The number of nitrogens with zero attached hydrogens (tertiary/aromatic N) is 3. The van der Waals surface area contributed by atoms with Crippen LogP contribution in [0.15, 0.2) is 17.6 Å². The molecule has 2 aromatic heterocycles. The Morgan fingerprint density at radius 3 is 2.65 bits per heavy atom. The van der Waals surface area contributed by atoms with Gasteiger partial charge in [0.15, 0.2) is 0 Å². The standard InChI is InChI=1S/C14H20N4OS/c1-9(2)19-11-8-10(3)16-13(17-11)18-14(4,5)12-15-6-7-20-12/h6-9H,1-5H3,(H,16,17,18). The van der Waals surface area contributed by atoms with E-state index in [0.717, 1.165) is 10.7 Å². The topological polar surface area (TPSA) is 59.9 Å². The second-order valence-electron chi connectivity index (χ2n) is 5.43. The van der Waals surface area contributed by atoms with Gasteiger partial charge >= 0.3 is 0 Å². The first-order valence-electron chi connectivity index (χ1n) is 6.57. The van der Waals surface area contributed by atoms with Gasteiger partial charge in [0, 0.05) is 23.3 Å². The van der Waals surface area contributed by atoms with Gasteiger partial charge in [-0.15, -0.1) is 11.3 Å². The van der Waals surface area contributed by atoms with Gasteiger partial charge in [0.1, 0.15) is 5.01 Å². The fourth-order valence-electron chi connectivity index (χ4n) is 1.76. The van der Waals surface area contributed by atoms with E-state index in [1.807, 2.05) is 32.2 Å². The van der Waals surface area contributed by atoms with Crippen LogP contribution < -0.4 is 10.1 Å². The van der Waals surface area contributed by atoms with Gasteiger partial charge in [-0.1, -0.05) is 0 Å². The number of aryl methyl sites for hydroxylation is 1. The van der Waals surface area contributed by atoms with E-state index < -0.39 is 0 Å². The van der Waals surface area contributed by atoms with E-state index in [2.05, 4.69) is 34.1 Å². The van der Waals surface area contributed by atoms with E-state index in [4.69, 9.17) is 4.74 Å². The summed E-state index contributed by atoms with van der Waals surface area (Å²) < 4.78 is 5.64. The zero-order valence-corrected chi connectivity index (χ0v) is 13.3. The SMILES string of the molecule is Cc1cc(OC(C)C)nc(NC(C)(C)c2nccs2)n1. The molecule has 5 nitrogen and oxygen atoms in total. The minimum atomic E-state index is -0.322. The number of thiazole rings is 1. The van der Waals surface area contributed by atoms with Crippen molar-refractivity contribution in [3.8, 4) is 5.88 Å². The predicted octanol–water partition coefficient (Wildman–Crippen LogP) is 3.38. The van der Waals surface area contributed by atoms with Crippen LogP contribution >= 0.6 is 11.3 Å². The van der Waals surface area contributed by atoms with Crippen molar-refractivity contribution in [3.63, 3.8) is 0 Å². The Labute approximate surface area is 123 Å². The summed E-state index contributed by atoms with van der Waals surface area (Å²) in [6.07, 6.45) is 1.89. The maximum absolute atomic E-state index is 5.64. The molecule has 0 saturated heterocycles. The molecule has 0 aliphatic rings. The van der Waals surface area contributed by atoms with Gasteiger partial charge in [-0.3, -0.25) is 0 Å². The molecule has 1 N–H and O–H groups in total. The molecule has 0 fully saturated rings. The third-order valence-corrected chi connectivity index (χ3v) is 3.68. The van der Waals surface area contributed by atoms with E-state index in [9.17, 15) is 0 Å². The number of nitrogens with one attached hydrogen (secondary N) is 1. The number of rotatable bonds is 5. The zero-order chi connectivity index (χ0) is 14.8. The van der Waals surface area contributed by atoms with Crippen molar-refractivity contribution in [3.05, 3.63) is 28.3 Å². The van der Waals surface area contributed by atoms with E-state index in [1.54, 1.807) is 17.5 Å². The average Bonchev–Trinajstić information content (AvgIpc) is 2.79. The lowest BCUT2D eigenvalue weighted by Gasteiger charge is -2.24. The molecule has 2 aromatic rings. The fraction of sp³-hybridized carbons (Fsp3) is 0.500. The molecule has 0 aromatic carbocycles. The van der Waals surface area contributed by atoms with Crippen LogP contribution in [0.3, 0.4) is 0 Å². The highest BCUT2D eigenvalue weighted by Gasteiger charge is 2.24. The summed E-state index contributed by atoms with van der Waals surface area (Å²) in [5, 5.41) is 6.28. The molecule has 0 saturated carbocycles. The zero-order valence-electron chi connectivity index (χ0n) is 12.5. The van der Waals surface area contributed by atoms with Gasteiger partial charge in [0.25, 0.3) is 0 Å². The summed E-state index contributed by atoms with van der Waals surface area (Å²) in [6, 6.07) is 1.83. The summed E-state index contributed by atoms with van der Waals surface area (Å²) in [5.41, 5.74) is 0.546. The van der Waals surface area contributed by atoms with Gasteiger partial charge in [-0.2, -0.15) is 4.98 Å². The third-order valence-electron chi connectivity index (χ3n) is 2.58. The lowest BCUT2D eigenvalue weighted by molar-refractivity contribution is 0.232. The summed E-state index contributed by atoms with van der Waals surface area (Å²) >= 11 is 1.61. The van der Waals surface area contributed by atoms with Crippen molar-refractivity contribution >= 4 is 17.3 Å². The second kappa shape index (κ2) is 5.75. The van der Waals surface area contributed by atoms with E-state index >= 15 is 0 Å². The van der Waals surface area contributed by atoms with E-state index in [0.29, 0.717) is 11.8 Å². The number of hydrogen-bond donors (Lipinski definition) is 1. The van der Waals surface area contributed by atoms with Crippen LogP contribution in [0.2, 0.25) is 0 Å². The molecule has 108 valence electrons. The van der Waals surface area contributed by atoms with Crippen LogP contribution in [-0.2, 0) is 5.54 Å². The molecule has 0 spiro atoms. The predicted molar refractivity (Wildman–Crippen MR) is 81.3 cm³/mol. The van der Waals surface area contributed by atoms with Crippen molar-refractivity contribution in [2.24, 2.45) is 0 Å². The average molecular weight is 292 g/mol. The lowest BCUT2D eigenvalue weighted by atomic mass is 10.1. The highest BCUT2D eigenvalue weighted by Crippen LogP contribution is 2.26. The van der Waals surface area contributed by atoms with Gasteiger partial charge in [-0.25, -0.2) is 9.97 Å². The molecule has 0 aliphatic carbocycles. The Morgan fingerprint density at radius 2 is 2.05 bits per heavy atom. The first-order valence-corrected chi connectivity index (χ1v) is 7.45. The fourth-order valence-corrected chi connectivity index (χ4v) is 2.48. The lowest BCUT2D eigenvalue weighted by Crippen LogP contribution is -2.29. The highest BCUT2D eigenvalue weighted by molar-refractivity contribution is 7.09. The van der Waals surface area contributed by atoms with Crippen molar-refractivity contribution < 1.29 is 4.74 Å². The largest absolute Gasteiger partial charge is 0.475 e. The minimum absolute atomic E-state index is 0.0872. The van der Waals surface area contributed by atoms with Crippen LogP contribution in [-0.4, -0.2) is 21.1 Å². The molecule has 6 heteroatoms. The van der Waals surface area contributed by atoms with E-state index in [-0.39, 0.29) is 11.6 Å². The number of aromatic nitrogens is 3. The maximum Gasteiger partial charge on any atom is 0.226 e. The normalized spacial score (nSPS) is 11.7. The van der Waals surface area contributed by atoms with Crippen molar-refractivity contribution in [2.75, 3.05) is 5.32 Å². The summed E-state index contributed by atoms with van der Waals surface area (Å²) in [7, 11) is 0. The Bertz CT molecular complexity index is 567. The van der Waals surface area contributed by atoms with Gasteiger partial charge in [-0.05, 0) is 34.6 Å². The molecule has 0 aliphatic heterocycles. The summed E-state index contributed by atoms with van der Waals surface area (Å²) in [6.45, 7) is 9.99. The van der Waals surface area contributed by atoms with Crippen molar-refractivity contribution in [2.45, 2.75) is 46.3 Å². The Hall–Kier alpha value is -1.69. The Balaban J connectivity index is 2.23. The maximum atomic E-state index is 5.64. The molecule has 2 heterocycles. The first-order chi connectivity index (χ1) is 9.37. The molecule has 2 rings (SSSR count). The smallest absolute Gasteiger partial charge is 0.226 e. The van der Waals surface area contributed by atoms with E-state index in [1.165, 1.54) is 0 Å². The molecule has 0 amide bonds. The summed E-state index contributed by atoms with van der Waals surface area (Å²) in [5.74, 6) is 1.14. The molecule has 20 heavy (non-hydrogen) atoms. The molecular weight excluding hydrogens is 272 g/mol. The van der Waals surface area contributed by atoms with Crippen molar-refractivity contribution in [1.82, 2.24) is 15.0 Å². The quantitative estimate of drug-likeness (QED) is 0.915. The summed E-state index contributed by atoms with van der Waals surface area (Å²) in [4.78, 5) is 13.2. The van der Waals surface area contributed by atoms with Crippen LogP contribution in [0.5, 0.6) is 5.88 Å². The minimum Gasteiger partial charge on any atom is -0.475 e. The van der Waals surface area contributed by atoms with Crippen molar-refractivity contribution in [1.29, 1.82) is 0 Å². The van der Waals surface area contributed by atoms with Gasteiger partial charge < -0.3 is 10.1 Å². The van der Waals surface area contributed by atoms with Crippen LogP contribution in [0, 0.1) is 6.92 Å². The number of hydrogen-bond acceptors (Lipinski definition) is 6. The Morgan fingerprint density at radius 1 is 1.30 bits per heavy atom. The second-order valence-corrected chi connectivity index (χ2v) is 6.32. The van der Waals surface area contributed by atoms with Gasteiger partial charge in [0.05, 0.1) is 11.6 Å². The number of anilines is 1. The van der Waals surface area contributed by atoms with Crippen LogP contribution in [0.1, 0.15) is 38.4 Å². The Kier molecular flexibility index (Phi) is 4.23. The monoisotopic (exact) mass is 292 g/mol. The van der Waals surface area contributed by atoms with Crippen LogP contribution in [0.25, 0.3) is 0 Å². The first kappa shape index (κ1) is 14.7. The number of ether oxygens (including phenoxy) is 1. The molecule has 0 atom stereocenters. The molecule has 0 bridgehead atoms. The molecule has 0 unspecified atom stereocenters. The molecular formula is C14H20N4OS. The van der Waals surface area contributed by atoms with Crippen LogP contribution in [0.4, 0.5) is 5.95 Å². The highest BCUT2D eigenvalue weighted by atomic mass is 32.1. The molecule has 0 radical (unpaired) electrons. The van der Waals surface area contributed by atoms with Gasteiger partial charge in [0.2, 0.25) is 11.8 Å². The third kappa shape index (κ3) is 3.66.